The zero-order valence-electron chi connectivity index (χ0n) is 24.6. The zero-order valence-corrected chi connectivity index (χ0v) is 25.4. The molecule has 1 aromatic carbocycles. The van der Waals surface area contributed by atoms with Gasteiger partial charge in [-0.05, 0) is 63.9 Å². The first-order valence-electron chi connectivity index (χ1n) is 13.1. The second kappa shape index (κ2) is 12.4. The average molecular weight is 598 g/mol. The van der Waals surface area contributed by atoms with Gasteiger partial charge in [0.25, 0.3) is 0 Å². The molecule has 0 unspecified atom stereocenters. The van der Waals surface area contributed by atoms with Crippen molar-refractivity contribution in [2.75, 3.05) is 25.5 Å². The summed E-state index contributed by atoms with van der Waals surface area (Å²) in [6.07, 6.45) is 5.32. The van der Waals surface area contributed by atoms with Crippen molar-refractivity contribution in [1.29, 1.82) is 0 Å². The summed E-state index contributed by atoms with van der Waals surface area (Å²) in [4.78, 5) is 12.9. The maximum Gasteiger partial charge on any atom is 0.243 e. The quantitative estimate of drug-likeness (QED) is 0.246. The molecular formula is C28H35N7O6S. The van der Waals surface area contributed by atoms with E-state index < -0.39 is 27.0 Å². The number of rotatable bonds is 12. The van der Waals surface area contributed by atoms with Crippen molar-refractivity contribution in [3.8, 4) is 28.6 Å². The van der Waals surface area contributed by atoms with Crippen LogP contribution in [-0.4, -0.2) is 74.9 Å². The monoisotopic (exact) mass is 597 g/mol. The number of benzene rings is 1. The Balaban J connectivity index is 1.83. The molecule has 0 aliphatic heterocycles. The van der Waals surface area contributed by atoms with E-state index in [-0.39, 0.29) is 18.4 Å². The first-order chi connectivity index (χ1) is 19.8. The Bertz CT molecular complexity index is 1610. The molecule has 0 aliphatic rings. The maximum absolute atomic E-state index is 13.9. The van der Waals surface area contributed by atoms with Crippen LogP contribution in [0.1, 0.15) is 43.8 Å². The summed E-state index contributed by atoms with van der Waals surface area (Å²) in [7, 11) is -1.25. The van der Waals surface area contributed by atoms with Gasteiger partial charge in [0.05, 0.1) is 26.4 Å². The van der Waals surface area contributed by atoms with Crippen LogP contribution in [0, 0.1) is 13.8 Å². The molecule has 14 heteroatoms. The summed E-state index contributed by atoms with van der Waals surface area (Å²) < 4.78 is 49.1. The van der Waals surface area contributed by atoms with Crippen LogP contribution in [0.2, 0.25) is 0 Å². The van der Waals surface area contributed by atoms with Crippen molar-refractivity contribution in [3.63, 3.8) is 0 Å². The fourth-order valence-electron chi connectivity index (χ4n) is 4.12. The van der Waals surface area contributed by atoms with E-state index in [1.54, 1.807) is 56.8 Å². The Kier molecular flexibility index (Phi) is 9.09. The number of anilines is 1. The Hall–Kier alpha value is -4.14. The molecule has 4 rings (SSSR count). The molecule has 0 fully saturated rings. The van der Waals surface area contributed by atoms with E-state index in [1.807, 2.05) is 19.9 Å². The lowest BCUT2D eigenvalue weighted by Crippen LogP contribution is -2.36. The van der Waals surface area contributed by atoms with Gasteiger partial charge in [-0.15, -0.1) is 10.2 Å². The lowest BCUT2D eigenvalue weighted by molar-refractivity contribution is -0.0564. The summed E-state index contributed by atoms with van der Waals surface area (Å²) in [6, 6.07) is 7.03. The minimum Gasteiger partial charge on any atom is -0.494 e. The molecule has 224 valence electrons. The number of hydrogen-bond donors (Lipinski definition) is 2. The van der Waals surface area contributed by atoms with Crippen LogP contribution in [0.15, 0.2) is 49.1 Å². The number of ether oxygens (including phenoxy) is 3. The van der Waals surface area contributed by atoms with Crippen molar-refractivity contribution in [1.82, 2.24) is 29.7 Å². The van der Waals surface area contributed by atoms with Crippen LogP contribution in [0.3, 0.4) is 0 Å². The molecule has 4 aromatic rings. The summed E-state index contributed by atoms with van der Waals surface area (Å²) in [5, 5.41) is 17.6. The highest BCUT2D eigenvalue weighted by Crippen LogP contribution is 2.38. The number of nitrogens with zero attached hydrogens (tertiary/aromatic N) is 6. The molecular weight excluding hydrogens is 562 g/mol. The van der Waals surface area contributed by atoms with Gasteiger partial charge in [0.2, 0.25) is 16.0 Å². The van der Waals surface area contributed by atoms with Crippen LogP contribution in [-0.2, 0) is 14.8 Å². The normalized spacial score (nSPS) is 13.4. The van der Waals surface area contributed by atoms with Crippen LogP contribution in [0.25, 0.3) is 17.1 Å². The van der Waals surface area contributed by atoms with Crippen molar-refractivity contribution in [3.05, 3.63) is 66.0 Å². The average Bonchev–Trinajstić information content (AvgIpc) is 3.35. The third-order valence-corrected chi connectivity index (χ3v) is 7.94. The number of sulfonamides is 1. The van der Waals surface area contributed by atoms with E-state index >= 15 is 0 Å². The van der Waals surface area contributed by atoms with E-state index in [1.165, 1.54) is 25.7 Å². The number of aromatic nitrogens is 6. The highest BCUT2D eigenvalue weighted by Gasteiger charge is 2.36. The molecule has 0 amide bonds. The molecule has 13 nitrogen and oxygen atoms in total. The van der Waals surface area contributed by atoms with Crippen LogP contribution >= 0.6 is 0 Å². The molecule has 3 heterocycles. The molecule has 2 atom stereocenters. The lowest BCUT2D eigenvalue weighted by Gasteiger charge is -2.27. The zero-order chi connectivity index (χ0) is 30.7. The first-order valence-corrected chi connectivity index (χ1v) is 14.6. The Morgan fingerprint density at radius 3 is 2.21 bits per heavy atom. The molecule has 3 aromatic heterocycles. The van der Waals surface area contributed by atoms with Gasteiger partial charge in [0, 0.05) is 30.4 Å². The molecule has 0 bridgehead atoms. The minimum atomic E-state index is -4.24. The summed E-state index contributed by atoms with van der Waals surface area (Å²) in [6.45, 7) is 8.13. The van der Waals surface area contributed by atoms with E-state index in [2.05, 4.69) is 29.9 Å². The van der Waals surface area contributed by atoms with Crippen molar-refractivity contribution < 1.29 is 27.7 Å². The largest absolute Gasteiger partial charge is 0.494 e. The Morgan fingerprint density at radius 2 is 1.64 bits per heavy atom. The van der Waals surface area contributed by atoms with Crippen molar-refractivity contribution >= 4 is 16.0 Å². The van der Waals surface area contributed by atoms with Gasteiger partial charge in [-0.1, -0.05) is 6.07 Å². The molecule has 2 N–H and O–H groups in total. The number of methoxy groups -OCH3 is 2. The maximum atomic E-state index is 13.9. The molecule has 0 saturated carbocycles. The van der Waals surface area contributed by atoms with E-state index in [0.717, 1.165) is 11.1 Å². The third-order valence-electron chi connectivity index (χ3n) is 6.24. The standard InChI is InChI=1S/C28H35N7O6S/c1-17-11-20(15-29-12-17)26-32-33-27(35(26)23-21(39-6)9-8-10-22(23)40-7)34-42(37,38)19(3)24(41-16-28(4,5)36)25-30-13-18(2)14-31-25/h8-15,19,24,36H,16H2,1-7H3,(H,33,34)/t19-,24-/m1/s1. The van der Waals surface area contributed by atoms with Crippen molar-refractivity contribution in [2.24, 2.45) is 0 Å². The van der Waals surface area contributed by atoms with Crippen molar-refractivity contribution in [2.45, 2.75) is 51.6 Å². The van der Waals surface area contributed by atoms with E-state index in [9.17, 15) is 13.5 Å². The SMILES string of the molecule is COc1cccc(OC)c1-n1c(NS(=O)(=O)[C@H](C)[C@@H](OCC(C)(C)O)c2ncc(C)cn2)nnc1-c1cncc(C)c1. The summed E-state index contributed by atoms with van der Waals surface area (Å²) in [5.41, 5.74) is 1.41. The van der Waals surface area contributed by atoms with E-state index in [4.69, 9.17) is 14.2 Å². The van der Waals surface area contributed by atoms with Gasteiger partial charge in [0.1, 0.15) is 28.5 Å². The second-order valence-electron chi connectivity index (χ2n) is 10.5. The number of aryl methyl sites for hydroxylation is 2. The van der Waals surface area contributed by atoms with Crippen LogP contribution in [0.5, 0.6) is 11.5 Å². The van der Waals surface area contributed by atoms with Crippen LogP contribution < -0.4 is 14.2 Å². The summed E-state index contributed by atoms with van der Waals surface area (Å²) >= 11 is 0. The number of nitrogens with one attached hydrogen (secondary N) is 1. The van der Waals surface area contributed by atoms with Gasteiger partial charge in [-0.25, -0.2) is 18.4 Å². The summed E-state index contributed by atoms with van der Waals surface area (Å²) in [5.74, 6) is 1.12. The highest BCUT2D eigenvalue weighted by atomic mass is 32.2. The number of para-hydroxylation sites is 1. The topological polar surface area (TPSA) is 163 Å². The predicted octanol–water partition coefficient (Wildman–Crippen LogP) is 3.41. The predicted molar refractivity (Wildman–Crippen MR) is 156 cm³/mol. The van der Waals surface area contributed by atoms with Gasteiger partial charge < -0.3 is 19.3 Å². The number of pyridine rings is 1. The van der Waals surface area contributed by atoms with E-state index in [0.29, 0.717) is 28.6 Å². The smallest absolute Gasteiger partial charge is 0.243 e. The lowest BCUT2D eigenvalue weighted by atomic mass is 10.1. The van der Waals surface area contributed by atoms with Gasteiger partial charge >= 0.3 is 0 Å². The van der Waals surface area contributed by atoms with Gasteiger partial charge in [-0.3, -0.25) is 14.3 Å². The fourth-order valence-corrected chi connectivity index (χ4v) is 5.22. The number of hydrogen-bond acceptors (Lipinski definition) is 11. The number of aliphatic hydroxyl groups is 1. The molecule has 0 aliphatic carbocycles. The van der Waals surface area contributed by atoms with Gasteiger partial charge in [0.15, 0.2) is 11.6 Å². The second-order valence-corrected chi connectivity index (χ2v) is 12.5. The minimum absolute atomic E-state index is 0.118. The Labute approximate surface area is 245 Å². The molecule has 0 radical (unpaired) electrons. The molecule has 42 heavy (non-hydrogen) atoms. The first kappa shape index (κ1) is 30.8. The third kappa shape index (κ3) is 6.83. The highest BCUT2D eigenvalue weighted by molar-refractivity contribution is 7.93. The Morgan fingerprint density at radius 1 is 1.00 bits per heavy atom. The molecule has 0 spiro atoms. The molecule has 0 saturated heterocycles. The fraction of sp³-hybridized carbons (Fsp3) is 0.393. The van der Waals surface area contributed by atoms with Crippen LogP contribution in [0.4, 0.5) is 5.95 Å². The van der Waals surface area contributed by atoms with Gasteiger partial charge in [-0.2, -0.15) is 0 Å².